The van der Waals surface area contributed by atoms with E-state index in [-0.39, 0.29) is 11.9 Å². The van der Waals surface area contributed by atoms with Crippen molar-refractivity contribution < 1.29 is 9.90 Å². The summed E-state index contributed by atoms with van der Waals surface area (Å²) in [4.78, 5) is 15.3. The average molecular weight is 208 g/mol. The average Bonchev–Trinajstić information content (AvgIpc) is 2.71. The Morgan fingerprint density at radius 1 is 1.73 bits per heavy atom. The number of carbonyl (C=O) groups excluding carboxylic acids is 1. The first-order chi connectivity index (χ1) is 7.22. The minimum Gasteiger partial charge on any atom is -0.391 e. The van der Waals surface area contributed by atoms with Gasteiger partial charge in [-0.25, -0.2) is 4.99 Å². The van der Waals surface area contributed by atoms with Crippen LogP contribution in [0.15, 0.2) is 11.2 Å². The predicted molar refractivity (Wildman–Crippen MR) is 54.3 cm³/mol. The zero-order valence-electron chi connectivity index (χ0n) is 8.10. The van der Waals surface area contributed by atoms with Crippen LogP contribution in [0.5, 0.6) is 0 Å². The number of aliphatic hydroxyl groups is 1. The van der Waals surface area contributed by atoms with Crippen LogP contribution >= 0.6 is 0 Å². The van der Waals surface area contributed by atoms with Gasteiger partial charge in [-0.2, -0.15) is 5.10 Å². The lowest BCUT2D eigenvalue weighted by molar-refractivity contribution is 0.0448. The molecule has 0 radical (unpaired) electrons. The first kappa shape index (κ1) is 9.85. The third kappa shape index (κ3) is 1.75. The summed E-state index contributed by atoms with van der Waals surface area (Å²) in [5, 5.41) is 18.3. The minimum absolute atomic E-state index is 0.148. The fraction of sp³-hybridized carbons (Fsp3) is 0.444. The lowest BCUT2D eigenvalue weighted by atomic mass is 9.89. The smallest absolute Gasteiger partial charge is 0.257 e. The fourth-order valence-electron chi connectivity index (χ4n) is 1.46. The molecule has 80 valence electrons. The van der Waals surface area contributed by atoms with Crippen molar-refractivity contribution in [1.29, 1.82) is 0 Å². The largest absolute Gasteiger partial charge is 0.391 e. The summed E-state index contributed by atoms with van der Waals surface area (Å²) in [6.45, 7) is 3.32. The van der Waals surface area contributed by atoms with Gasteiger partial charge >= 0.3 is 0 Å². The van der Waals surface area contributed by atoms with Crippen molar-refractivity contribution in [3.05, 3.63) is 11.8 Å². The van der Waals surface area contributed by atoms with Gasteiger partial charge in [0.25, 0.3) is 5.91 Å². The highest BCUT2D eigenvalue weighted by Gasteiger charge is 2.30. The second kappa shape index (κ2) is 3.82. The Kier molecular flexibility index (Phi) is 2.51. The van der Waals surface area contributed by atoms with Gasteiger partial charge in [0.1, 0.15) is 5.56 Å². The standard InChI is InChI=1S/C9H12N4O2/c1-10-8-5(4-11-13-8)9(15)12-6-2-3-7(6)14/h4,6-7,14H,1-3H2,(H,11,13)(H,12,15)/t6?,7-/m1/s1. The highest BCUT2D eigenvalue weighted by atomic mass is 16.3. The summed E-state index contributed by atoms with van der Waals surface area (Å²) >= 11 is 0. The zero-order valence-corrected chi connectivity index (χ0v) is 8.10. The molecule has 1 amide bonds. The van der Waals surface area contributed by atoms with Crippen LogP contribution in [0.3, 0.4) is 0 Å². The number of H-pyrrole nitrogens is 1. The van der Waals surface area contributed by atoms with E-state index >= 15 is 0 Å². The van der Waals surface area contributed by atoms with Crippen molar-refractivity contribution in [2.75, 3.05) is 0 Å². The van der Waals surface area contributed by atoms with E-state index in [0.717, 1.165) is 12.8 Å². The van der Waals surface area contributed by atoms with Crippen molar-refractivity contribution in [3.63, 3.8) is 0 Å². The third-order valence-corrected chi connectivity index (χ3v) is 2.58. The number of aromatic amines is 1. The highest BCUT2D eigenvalue weighted by molar-refractivity contribution is 5.98. The molecule has 0 saturated heterocycles. The molecule has 1 unspecified atom stereocenters. The molecule has 2 atom stereocenters. The molecule has 3 N–H and O–H groups in total. The topological polar surface area (TPSA) is 90.4 Å². The van der Waals surface area contributed by atoms with E-state index in [1.54, 1.807) is 0 Å². The van der Waals surface area contributed by atoms with Crippen LogP contribution in [0, 0.1) is 0 Å². The summed E-state index contributed by atoms with van der Waals surface area (Å²) in [5.74, 6) is 0.0659. The van der Waals surface area contributed by atoms with Gasteiger partial charge in [-0.05, 0) is 19.6 Å². The van der Waals surface area contributed by atoms with Gasteiger partial charge in [0.2, 0.25) is 0 Å². The number of amides is 1. The Morgan fingerprint density at radius 3 is 3.07 bits per heavy atom. The van der Waals surface area contributed by atoms with E-state index in [4.69, 9.17) is 0 Å². The first-order valence-electron chi connectivity index (χ1n) is 4.71. The Bertz CT molecular complexity index is 387. The maximum Gasteiger partial charge on any atom is 0.257 e. The van der Waals surface area contributed by atoms with E-state index in [0.29, 0.717) is 11.4 Å². The van der Waals surface area contributed by atoms with Crippen molar-refractivity contribution >= 4 is 18.4 Å². The van der Waals surface area contributed by atoms with E-state index in [2.05, 4.69) is 27.2 Å². The Hall–Kier alpha value is -1.69. The van der Waals surface area contributed by atoms with Gasteiger partial charge in [-0.1, -0.05) is 0 Å². The Labute approximate surface area is 86.4 Å². The molecule has 1 aromatic rings. The molecule has 6 heteroatoms. The van der Waals surface area contributed by atoms with Crippen LogP contribution < -0.4 is 5.32 Å². The van der Waals surface area contributed by atoms with Crippen molar-refractivity contribution in [1.82, 2.24) is 15.5 Å². The number of hydrogen-bond donors (Lipinski definition) is 3. The molecule has 1 fully saturated rings. The SMILES string of the molecule is C=Nc1[nH]ncc1C(=O)NC1CC[C@H]1O. The number of aliphatic imine (C=N–C) groups is 1. The quantitative estimate of drug-likeness (QED) is 0.610. The molecular formula is C9H12N4O2. The van der Waals surface area contributed by atoms with Crippen molar-refractivity contribution in [2.24, 2.45) is 4.99 Å². The van der Waals surface area contributed by atoms with E-state index in [9.17, 15) is 9.90 Å². The second-order valence-corrected chi connectivity index (χ2v) is 3.52. The molecular weight excluding hydrogens is 196 g/mol. The number of nitrogens with one attached hydrogen (secondary N) is 2. The van der Waals surface area contributed by atoms with E-state index in [1.165, 1.54) is 6.20 Å². The van der Waals surface area contributed by atoms with Crippen LogP contribution in [0.2, 0.25) is 0 Å². The molecule has 0 aromatic carbocycles. The molecule has 0 aliphatic heterocycles. The molecule has 0 spiro atoms. The van der Waals surface area contributed by atoms with Crippen LogP contribution in [0.1, 0.15) is 23.2 Å². The number of rotatable bonds is 3. The van der Waals surface area contributed by atoms with E-state index < -0.39 is 6.10 Å². The molecule has 15 heavy (non-hydrogen) atoms. The number of hydrogen-bond acceptors (Lipinski definition) is 4. The summed E-state index contributed by atoms with van der Waals surface area (Å²) < 4.78 is 0. The minimum atomic E-state index is -0.430. The fourth-order valence-corrected chi connectivity index (χ4v) is 1.46. The van der Waals surface area contributed by atoms with Gasteiger partial charge in [0.15, 0.2) is 5.82 Å². The lowest BCUT2D eigenvalue weighted by Crippen LogP contribution is -2.50. The van der Waals surface area contributed by atoms with Gasteiger partial charge in [0, 0.05) is 0 Å². The predicted octanol–water partition coefficient (Wildman–Crippen LogP) is -0.00510. The summed E-state index contributed by atoms with van der Waals surface area (Å²) in [6.07, 6.45) is 2.51. The third-order valence-electron chi connectivity index (χ3n) is 2.58. The summed E-state index contributed by atoms with van der Waals surface area (Å²) in [5.41, 5.74) is 0.351. The van der Waals surface area contributed by atoms with Gasteiger partial charge in [0.05, 0.1) is 18.3 Å². The van der Waals surface area contributed by atoms with Gasteiger partial charge in [-0.15, -0.1) is 0 Å². The molecule has 2 rings (SSSR count). The zero-order chi connectivity index (χ0) is 10.8. The van der Waals surface area contributed by atoms with Gasteiger partial charge < -0.3 is 10.4 Å². The number of carbonyl (C=O) groups is 1. The van der Waals surface area contributed by atoms with Crippen LogP contribution in [0.4, 0.5) is 5.82 Å². The lowest BCUT2D eigenvalue weighted by Gasteiger charge is -2.32. The molecule has 1 aliphatic carbocycles. The van der Waals surface area contributed by atoms with Crippen LogP contribution in [0.25, 0.3) is 0 Å². The molecule has 1 saturated carbocycles. The summed E-state index contributed by atoms with van der Waals surface area (Å²) in [6, 6.07) is -0.148. The first-order valence-corrected chi connectivity index (χ1v) is 4.71. The summed E-state index contributed by atoms with van der Waals surface area (Å²) in [7, 11) is 0. The Morgan fingerprint density at radius 2 is 2.53 bits per heavy atom. The number of aliphatic hydroxyl groups excluding tert-OH is 1. The molecule has 6 nitrogen and oxygen atoms in total. The normalized spacial score (nSPS) is 24.3. The van der Waals surface area contributed by atoms with Crippen LogP contribution in [-0.2, 0) is 0 Å². The molecule has 1 aromatic heterocycles. The molecule has 1 heterocycles. The van der Waals surface area contributed by atoms with Gasteiger partial charge in [-0.3, -0.25) is 9.89 Å². The Balaban J connectivity index is 2.04. The van der Waals surface area contributed by atoms with Crippen molar-refractivity contribution in [3.8, 4) is 0 Å². The van der Waals surface area contributed by atoms with E-state index in [1.807, 2.05) is 0 Å². The monoisotopic (exact) mass is 208 g/mol. The van der Waals surface area contributed by atoms with Crippen molar-refractivity contribution in [2.45, 2.75) is 25.0 Å². The number of aromatic nitrogens is 2. The maximum absolute atomic E-state index is 11.7. The molecule has 1 aliphatic rings. The number of nitrogens with zero attached hydrogens (tertiary/aromatic N) is 2. The maximum atomic E-state index is 11.7. The molecule has 0 bridgehead atoms. The highest BCUT2D eigenvalue weighted by Crippen LogP contribution is 2.21. The van der Waals surface area contributed by atoms with Crippen LogP contribution in [-0.4, -0.2) is 40.1 Å². The second-order valence-electron chi connectivity index (χ2n) is 3.52.